The molecule has 114 valence electrons. The Labute approximate surface area is 127 Å². The zero-order valence-electron chi connectivity index (χ0n) is 12.1. The van der Waals surface area contributed by atoms with E-state index in [4.69, 9.17) is 11.6 Å². The van der Waals surface area contributed by atoms with Crippen molar-refractivity contribution in [1.29, 1.82) is 0 Å². The van der Waals surface area contributed by atoms with Crippen LogP contribution in [0.4, 0.5) is 0 Å². The quantitative estimate of drug-likeness (QED) is 0.708. The summed E-state index contributed by atoms with van der Waals surface area (Å²) in [5.41, 5.74) is 0. The van der Waals surface area contributed by atoms with Gasteiger partial charge in [-0.15, -0.1) is 0 Å². The largest absolute Gasteiger partial charge is 0.314 e. The van der Waals surface area contributed by atoms with Gasteiger partial charge in [0, 0.05) is 24.7 Å². The fourth-order valence-electron chi connectivity index (χ4n) is 1.87. The van der Waals surface area contributed by atoms with Crippen molar-refractivity contribution in [1.82, 2.24) is 10.2 Å². The van der Waals surface area contributed by atoms with Gasteiger partial charge in [-0.05, 0) is 37.4 Å². The molecule has 0 aliphatic heterocycles. The maximum Gasteiger partial charge on any atom is 0.179 e. The van der Waals surface area contributed by atoms with Gasteiger partial charge in [0.2, 0.25) is 0 Å². The summed E-state index contributed by atoms with van der Waals surface area (Å²) in [6, 6.07) is 6.30. The van der Waals surface area contributed by atoms with Crippen molar-refractivity contribution in [2.75, 3.05) is 38.5 Å². The summed E-state index contributed by atoms with van der Waals surface area (Å²) in [5, 5.41) is 3.72. The first-order valence-electron chi connectivity index (χ1n) is 6.91. The van der Waals surface area contributed by atoms with E-state index in [0.29, 0.717) is 16.5 Å². The molecule has 1 N–H and O–H groups in total. The van der Waals surface area contributed by atoms with Crippen LogP contribution in [0, 0.1) is 0 Å². The van der Waals surface area contributed by atoms with Gasteiger partial charge in [-0.1, -0.05) is 25.4 Å². The van der Waals surface area contributed by atoms with E-state index in [9.17, 15) is 8.42 Å². The number of hydrogen-bond donors (Lipinski definition) is 1. The Morgan fingerprint density at radius 2 is 1.70 bits per heavy atom. The van der Waals surface area contributed by atoms with Crippen LogP contribution >= 0.6 is 11.6 Å². The Morgan fingerprint density at radius 3 is 2.25 bits per heavy atom. The number of sulfone groups is 1. The van der Waals surface area contributed by atoms with Crippen LogP contribution in [0.1, 0.15) is 13.8 Å². The number of benzene rings is 1. The van der Waals surface area contributed by atoms with Gasteiger partial charge in [-0.2, -0.15) is 0 Å². The van der Waals surface area contributed by atoms with Gasteiger partial charge in [0.25, 0.3) is 0 Å². The first-order valence-corrected chi connectivity index (χ1v) is 8.94. The lowest BCUT2D eigenvalue weighted by Gasteiger charge is -2.17. The standard InChI is InChI=1S/C14H23ClN2O2S/c1-3-17(4-2)11-9-16-10-12-20(18,19)14-7-5-13(15)6-8-14/h5-8,16H,3-4,9-12H2,1-2H3. The topological polar surface area (TPSA) is 49.4 Å². The number of hydrogen-bond acceptors (Lipinski definition) is 4. The van der Waals surface area contributed by atoms with Gasteiger partial charge in [0.1, 0.15) is 0 Å². The molecule has 6 heteroatoms. The predicted octanol–water partition coefficient (Wildman–Crippen LogP) is 2.05. The predicted molar refractivity (Wildman–Crippen MR) is 84.2 cm³/mol. The molecule has 1 rings (SSSR count). The average Bonchev–Trinajstić information content (AvgIpc) is 2.43. The number of likely N-dealkylation sites (N-methyl/N-ethyl adjacent to an activating group) is 1. The second kappa shape index (κ2) is 8.62. The van der Waals surface area contributed by atoms with E-state index in [0.717, 1.165) is 26.2 Å². The molecule has 0 heterocycles. The molecule has 0 radical (unpaired) electrons. The zero-order chi connectivity index (χ0) is 15.0. The highest BCUT2D eigenvalue weighted by Gasteiger charge is 2.13. The fraction of sp³-hybridized carbons (Fsp3) is 0.571. The maximum absolute atomic E-state index is 12.1. The molecule has 0 amide bonds. The fourth-order valence-corrected chi connectivity index (χ4v) is 3.19. The highest BCUT2D eigenvalue weighted by atomic mass is 35.5. The lowest BCUT2D eigenvalue weighted by Crippen LogP contribution is -2.33. The Hall–Kier alpha value is -0.620. The van der Waals surface area contributed by atoms with Crippen molar-refractivity contribution in [2.24, 2.45) is 0 Å². The van der Waals surface area contributed by atoms with Gasteiger partial charge in [0.15, 0.2) is 9.84 Å². The molecule has 0 fully saturated rings. The Bertz CT molecular complexity index is 484. The zero-order valence-corrected chi connectivity index (χ0v) is 13.7. The molecule has 0 unspecified atom stereocenters. The van der Waals surface area contributed by atoms with Crippen LogP contribution in [-0.4, -0.2) is 51.8 Å². The summed E-state index contributed by atoms with van der Waals surface area (Å²) >= 11 is 5.75. The second-order valence-corrected chi connectivity index (χ2v) is 7.10. The molecule has 0 bridgehead atoms. The second-order valence-electron chi connectivity index (χ2n) is 4.55. The van der Waals surface area contributed by atoms with Crippen LogP contribution in [0.3, 0.4) is 0 Å². The maximum atomic E-state index is 12.1. The monoisotopic (exact) mass is 318 g/mol. The van der Waals surface area contributed by atoms with Crippen molar-refractivity contribution in [2.45, 2.75) is 18.7 Å². The van der Waals surface area contributed by atoms with Gasteiger partial charge in [-0.25, -0.2) is 8.42 Å². The van der Waals surface area contributed by atoms with Crippen LogP contribution in [0.5, 0.6) is 0 Å². The molecule has 0 spiro atoms. The van der Waals surface area contributed by atoms with E-state index in [2.05, 4.69) is 24.1 Å². The molecule has 20 heavy (non-hydrogen) atoms. The van der Waals surface area contributed by atoms with E-state index in [-0.39, 0.29) is 5.75 Å². The number of rotatable bonds is 9. The van der Waals surface area contributed by atoms with Gasteiger partial charge in [0.05, 0.1) is 10.6 Å². The van der Waals surface area contributed by atoms with E-state index in [1.165, 1.54) is 0 Å². The van der Waals surface area contributed by atoms with Crippen LogP contribution in [0.2, 0.25) is 5.02 Å². The lowest BCUT2D eigenvalue weighted by atomic mass is 10.4. The van der Waals surface area contributed by atoms with Crippen molar-refractivity contribution in [3.05, 3.63) is 29.3 Å². The Balaban J connectivity index is 2.35. The van der Waals surface area contributed by atoms with Crippen LogP contribution in [0.15, 0.2) is 29.2 Å². The third kappa shape index (κ3) is 5.79. The SMILES string of the molecule is CCN(CC)CCNCCS(=O)(=O)c1ccc(Cl)cc1. The van der Waals surface area contributed by atoms with Gasteiger partial charge >= 0.3 is 0 Å². The molecule has 1 aromatic rings. The van der Waals surface area contributed by atoms with E-state index >= 15 is 0 Å². The molecule has 0 saturated carbocycles. The van der Waals surface area contributed by atoms with E-state index < -0.39 is 9.84 Å². The molecule has 0 atom stereocenters. The van der Waals surface area contributed by atoms with Gasteiger partial charge < -0.3 is 10.2 Å². The van der Waals surface area contributed by atoms with E-state index in [1.54, 1.807) is 24.3 Å². The highest BCUT2D eigenvalue weighted by molar-refractivity contribution is 7.91. The molecule has 1 aromatic carbocycles. The normalized spacial score (nSPS) is 12.0. The number of nitrogens with zero attached hydrogens (tertiary/aromatic N) is 1. The number of nitrogens with one attached hydrogen (secondary N) is 1. The molecular weight excluding hydrogens is 296 g/mol. The van der Waals surface area contributed by atoms with E-state index in [1.807, 2.05) is 0 Å². The minimum atomic E-state index is -3.22. The molecule has 0 aliphatic carbocycles. The summed E-state index contributed by atoms with van der Waals surface area (Å²) in [4.78, 5) is 2.62. The third-order valence-corrected chi connectivity index (χ3v) is 5.20. The van der Waals surface area contributed by atoms with Crippen molar-refractivity contribution in [3.8, 4) is 0 Å². The van der Waals surface area contributed by atoms with Crippen LogP contribution in [-0.2, 0) is 9.84 Å². The molecule has 0 aromatic heterocycles. The summed E-state index contributed by atoms with van der Waals surface area (Å²) in [6.45, 7) is 8.48. The van der Waals surface area contributed by atoms with Crippen LogP contribution in [0.25, 0.3) is 0 Å². The van der Waals surface area contributed by atoms with Gasteiger partial charge in [-0.3, -0.25) is 0 Å². The summed E-state index contributed by atoms with van der Waals surface area (Å²) in [5.74, 6) is 0.104. The van der Waals surface area contributed by atoms with Crippen molar-refractivity contribution >= 4 is 21.4 Å². The van der Waals surface area contributed by atoms with Crippen LogP contribution < -0.4 is 5.32 Å². The first-order chi connectivity index (χ1) is 9.49. The number of halogens is 1. The lowest BCUT2D eigenvalue weighted by molar-refractivity contribution is 0.303. The average molecular weight is 319 g/mol. The smallest absolute Gasteiger partial charge is 0.179 e. The van der Waals surface area contributed by atoms with Crippen molar-refractivity contribution < 1.29 is 8.42 Å². The summed E-state index contributed by atoms with van der Waals surface area (Å²) in [7, 11) is -3.22. The highest BCUT2D eigenvalue weighted by Crippen LogP contribution is 2.14. The first kappa shape index (κ1) is 17.4. The Kier molecular flexibility index (Phi) is 7.51. The minimum absolute atomic E-state index is 0.104. The van der Waals surface area contributed by atoms with Crippen molar-refractivity contribution in [3.63, 3.8) is 0 Å². The Morgan fingerprint density at radius 1 is 1.10 bits per heavy atom. The minimum Gasteiger partial charge on any atom is -0.314 e. The third-order valence-electron chi connectivity index (χ3n) is 3.22. The summed E-state index contributed by atoms with van der Waals surface area (Å²) < 4.78 is 24.1. The molecule has 0 saturated heterocycles. The molecular formula is C14H23ClN2O2S. The summed E-state index contributed by atoms with van der Waals surface area (Å²) in [6.07, 6.45) is 0. The molecule has 4 nitrogen and oxygen atoms in total. The molecule has 0 aliphatic rings.